The van der Waals surface area contributed by atoms with Gasteiger partial charge in [-0.05, 0) is 38.0 Å². The number of carbonyl (C=O) groups excluding carboxylic acids is 2. The zero-order valence-corrected chi connectivity index (χ0v) is 14.1. The number of carbonyl (C=O) groups is 2. The second kappa shape index (κ2) is 7.66. The number of hydrogen-bond donors (Lipinski definition) is 2. The normalized spacial score (nSPS) is 21.5. The minimum absolute atomic E-state index is 0.0231. The maximum Gasteiger partial charge on any atom is 0.319 e. The molecule has 1 unspecified atom stereocenters. The Bertz CT molecular complexity index is 599. The molecular weight excluding hydrogens is 306 g/mol. The molecule has 2 aliphatic rings. The van der Waals surface area contributed by atoms with Gasteiger partial charge in [0.25, 0.3) is 5.91 Å². The molecular formula is C18H25N3O3. The van der Waals surface area contributed by atoms with E-state index in [9.17, 15) is 9.59 Å². The molecule has 130 valence electrons. The Kier molecular flexibility index (Phi) is 5.35. The predicted octanol–water partition coefficient (Wildman–Crippen LogP) is 2.61. The third kappa shape index (κ3) is 4.26. The third-order valence-corrected chi connectivity index (χ3v) is 4.59. The van der Waals surface area contributed by atoms with Crippen molar-refractivity contribution < 1.29 is 14.3 Å². The fourth-order valence-corrected chi connectivity index (χ4v) is 3.34. The molecule has 2 fully saturated rings. The number of ether oxygens (including phenoxy) is 1. The van der Waals surface area contributed by atoms with Crippen LogP contribution >= 0.6 is 0 Å². The van der Waals surface area contributed by atoms with Gasteiger partial charge in [0.05, 0.1) is 12.7 Å². The van der Waals surface area contributed by atoms with E-state index in [2.05, 4.69) is 10.6 Å². The van der Waals surface area contributed by atoms with Crippen LogP contribution in [-0.2, 0) is 4.74 Å². The molecule has 0 spiro atoms. The van der Waals surface area contributed by atoms with Crippen LogP contribution in [0.25, 0.3) is 0 Å². The highest BCUT2D eigenvalue weighted by atomic mass is 16.5. The number of benzene rings is 1. The minimum Gasteiger partial charge on any atom is -0.375 e. The highest BCUT2D eigenvalue weighted by Crippen LogP contribution is 2.18. The number of anilines is 1. The van der Waals surface area contributed by atoms with Crippen molar-refractivity contribution in [2.45, 2.75) is 44.8 Å². The Morgan fingerprint density at radius 2 is 2.04 bits per heavy atom. The second-order valence-corrected chi connectivity index (χ2v) is 6.59. The van der Waals surface area contributed by atoms with Gasteiger partial charge in [0.1, 0.15) is 0 Å². The Morgan fingerprint density at radius 1 is 1.25 bits per heavy atom. The van der Waals surface area contributed by atoms with E-state index in [-0.39, 0.29) is 24.1 Å². The summed E-state index contributed by atoms with van der Waals surface area (Å²) in [6.07, 6.45) is 4.49. The monoisotopic (exact) mass is 331 g/mol. The largest absolute Gasteiger partial charge is 0.375 e. The smallest absolute Gasteiger partial charge is 0.319 e. The average molecular weight is 331 g/mol. The van der Waals surface area contributed by atoms with Crippen LogP contribution in [0.3, 0.4) is 0 Å². The van der Waals surface area contributed by atoms with Crippen molar-refractivity contribution in [3.8, 4) is 0 Å². The summed E-state index contributed by atoms with van der Waals surface area (Å²) in [4.78, 5) is 26.5. The molecule has 24 heavy (non-hydrogen) atoms. The van der Waals surface area contributed by atoms with E-state index in [4.69, 9.17) is 4.74 Å². The van der Waals surface area contributed by atoms with Gasteiger partial charge in [-0.25, -0.2) is 4.79 Å². The van der Waals surface area contributed by atoms with Gasteiger partial charge in [0, 0.05) is 30.4 Å². The molecule has 1 aliphatic carbocycles. The maximum absolute atomic E-state index is 12.6. The van der Waals surface area contributed by atoms with E-state index in [0.29, 0.717) is 30.9 Å². The van der Waals surface area contributed by atoms with Crippen molar-refractivity contribution in [1.29, 1.82) is 0 Å². The number of rotatable bonds is 3. The van der Waals surface area contributed by atoms with Crippen LogP contribution in [0, 0.1) is 0 Å². The molecule has 1 atom stereocenters. The average Bonchev–Trinajstić information content (AvgIpc) is 3.07. The first kappa shape index (κ1) is 16.8. The van der Waals surface area contributed by atoms with Crippen LogP contribution < -0.4 is 10.6 Å². The zero-order valence-electron chi connectivity index (χ0n) is 14.1. The van der Waals surface area contributed by atoms with E-state index in [1.807, 2.05) is 6.92 Å². The molecule has 1 aliphatic heterocycles. The van der Waals surface area contributed by atoms with Gasteiger partial charge in [0.15, 0.2) is 0 Å². The third-order valence-electron chi connectivity index (χ3n) is 4.59. The summed E-state index contributed by atoms with van der Waals surface area (Å²) < 4.78 is 5.47. The Labute approximate surface area is 142 Å². The van der Waals surface area contributed by atoms with E-state index < -0.39 is 0 Å². The number of morpholine rings is 1. The highest BCUT2D eigenvalue weighted by molar-refractivity contribution is 5.97. The Hall–Kier alpha value is -2.08. The lowest BCUT2D eigenvalue weighted by Gasteiger charge is -2.31. The summed E-state index contributed by atoms with van der Waals surface area (Å²) >= 11 is 0. The van der Waals surface area contributed by atoms with Gasteiger partial charge in [0.2, 0.25) is 0 Å². The predicted molar refractivity (Wildman–Crippen MR) is 92.2 cm³/mol. The molecule has 1 saturated carbocycles. The zero-order chi connectivity index (χ0) is 16.9. The fraction of sp³-hybridized carbons (Fsp3) is 0.556. The molecule has 6 heteroatoms. The van der Waals surface area contributed by atoms with Gasteiger partial charge in [-0.1, -0.05) is 18.9 Å². The molecule has 0 bridgehead atoms. The van der Waals surface area contributed by atoms with Gasteiger partial charge >= 0.3 is 6.03 Å². The van der Waals surface area contributed by atoms with Crippen molar-refractivity contribution in [3.05, 3.63) is 29.8 Å². The van der Waals surface area contributed by atoms with E-state index >= 15 is 0 Å². The molecule has 0 aromatic heterocycles. The lowest BCUT2D eigenvalue weighted by molar-refractivity contribution is -0.0124. The van der Waals surface area contributed by atoms with Crippen molar-refractivity contribution in [2.75, 3.05) is 25.0 Å². The van der Waals surface area contributed by atoms with Crippen LogP contribution in [0.15, 0.2) is 24.3 Å². The summed E-state index contributed by atoms with van der Waals surface area (Å²) in [5, 5.41) is 5.81. The fourth-order valence-electron chi connectivity index (χ4n) is 3.34. The van der Waals surface area contributed by atoms with Gasteiger partial charge in [-0.3, -0.25) is 4.79 Å². The molecule has 3 rings (SSSR count). The van der Waals surface area contributed by atoms with Gasteiger partial charge in [-0.15, -0.1) is 0 Å². The van der Waals surface area contributed by atoms with Crippen molar-refractivity contribution in [1.82, 2.24) is 10.2 Å². The second-order valence-electron chi connectivity index (χ2n) is 6.59. The lowest BCUT2D eigenvalue weighted by Crippen LogP contribution is -2.44. The number of amides is 3. The maximum atomic E-state index is 12.6. The summed E-state index contributed by atoms with van der Waals surface area (Å²) in [5.41, 5.74) is 1.22. The van der Waals surface area contributed by atoms with Crippen LogP contribution in [-0.4, -0.2) is 48.7 Å². The first-order chi connectivity index (χ1) is 11.6. The van der Waals surface area contributed by atoms with Crippen LogP contribution in [0.2, 0.25) is 0 Å². The molecule has 1 saturated heterocycles. The molecule has 1 aromatic carbocycles. The standard InChI is InChI=1S/C18H25N3O3/c1-13-12-21(9-10-24-13)17(22)14-5-4-8-16(11-14)20-18(23)19-15-6-2-3-7-15/h4-5,8,11,13,15H,2-3,6-7,9-10,12H2,1H3,(H2,19,20,23). The summed E-state index contributed by atoms with van der Waals surface area (Å²) in [6.45, 7) is 3.72. The molecule has 1 aromatic rings. The van der Waals surface area contributed by atoms with E-state index in [1.165, 1.54) is 12.8 Å². The minimum atomic E-state index is -0.202. The summed E-state index contributed by atoms with van der Waals surface area (Å²) in [7, 11) is 0. The Balaban J connectivity index is 1.60. The number of nitrogens with one attached hydrogen (secondary N) is 2. The first-order valence-corrected chi connectivity index (χ1v) is 8.70. The molecule has 2 N–H and O–H groups in total. The quantitative estimate of drug-likeness (QED) is 0.894. The summed E-state index contributed by atoms with van der Waals surface area (Å²) in [6, 6.07) is 7.17. The first-order valence-electron chi connectivity index (χ1n) is 8.70. The van der Waals surface area contributed by atoms with Crippen LogP contribution in [0.5, 0.6) is 0 Å². The number of hydrogen-bond acceptors (Lipinski definition) is 3. The van der Waals surface area contributed by atoms with E-state index in [1.54, 1.807) is 29.2 Å². The number of nitrogens with zero attached hydrogens (tertiary/aromatic N) is 1. The molecule has 3 amide bonds. The van der Waals surface area contributed by atoms with Gasteiger partial charge in [-0.2, -0.15) is 0 Å². The summed E-state index contributed by atoms with van der Waals surface area (Å²) in [5.74, 6) is -0.0231. The lowest BCUT2D eigenvalue weighted by atomic mass is 10.1. The molecule has 0 radical (unpaired) electrons. The van der Waals surface area contributed by atoms with E-state index in [0.717, 1.165) is 12.8 Å². The van der Waals surface area contributed by atoms with Crippen LogP contribution in [0.1, 0.15) is 43.0 Å². The van der Waals surface area contributed by atoms with Gasteiger partial charge < -0.3 is 20.3 Å². The highest BCUT2D eigenvalue weighted by Gasteiger charge is 2.23. The SMILES string of the molecule is CC1CN(C(=O)c2cccc(NC(=O)NC3CCCC3)c2)CCO1. The van der Waals surface area contributed by atoms with Crippen molar-refractivity contribution in [3.63, 3.8) is 0 Å². The topological polar surface area (TPSA) is 70.7 Å². The van der Waals surface area contributed by atoms with Crippen molar-refractivity contribution >= 4 is 17.6 Å². The molecule has 6 nitrogen and oxygen atoms in total. The number of urea groups is 1. The van der Waals surface area contributed by atoms with Crippen molar-refractivity contribution in [2.24, 2.45) is 0 Å². The van der Waals surface area contributed by atoms with Crippen LogP contribution in [0.4, 0.5) is 10.5 Å². The molecule has 1 heterocycles. The Morgan fingerprint density at radius 3 is 2.79 bits per heavy atom.